The first-order chi connectivity index (χ1) is 12.3. The fraction of sp³-hybridized carbons (Fsp3) is 0.500. The van der Waals surface area contributed by atoms with E-state index in [1.165, 1.54) is 0 Å². The minimum atomic E-state index is -3.23. The van der Waals surface area contributed by atoms with Crippen LogP contribution in [0.25, 0.3) is 0 Å². The first-order valence-electron chi connectivity index (χ1n) is 8.80. The van der Waals surface area contributed by atoms with Gasteiger partial charge in [-0.25, -0.2) is 27.7 Å². The number of aryl methyl sites for hydroxylation is 2. The van der Waals surface area contributed by atoms with Gasteiger partial charge in [-0.1, -0.05) is 6.07 Å². The van der Waals surface area contributed by atoms with Crippen molar-refractivity contribution < 1.29 is 8.42 Å². The summed E-state index contributed by atoms with van der Waals surface area (Å²) in [6, 6.07) is 5.77. The molecule has 140 valence electrons. The molecule has 3 rings (SSSR count). The standard InChI is InChI=1S/C18H25N5O2S/c1-12(2)26(24,25)23-9-7-15(11-23)16-10-17(21-14(4)20-16)22-18-13(3)6-5-8-19-18/h5-6,8,10,12,15H,7,9,11H2,1-4H3,(H,19,20,21,22)/t15-/m0/s1. The molecule has 1 saturated heterocycles. The van der Waals surface area contributed by atoms with E-state index in [9.17, 15) is 8.42 Å². The zero-order valence-corrected chi connectivity index (χ0v) is 16.4. The SMILES string of the molecule is Cc1nc(Nc2ncccc2C)cc([C@H]2CCN(S(=O)(=O)C(C)C)C2)n1. The van der Waals surface area contributed by atoms with Crippen molar-refractivity contribution in [1.29, 1.82) is 0 Å². The lowest BCUT2D eigenvalue weighted by molar-refractivity contribution is 0.465. The third-order valence-corrected chi connectivity index (χ3v) is 6.88. The summed E-state index contributed by atoms with van der Waals surface area (Å²) in [5.74, 6) is 2.17. The number of hydrogen-bond acceptors (Lipinski definition) is 6. The molecule has 0 aliphatic carbocycles. The van der Waals surface area contributed by atoms with Crippen LogP contribution in [0, 0.1) is 13.8 Å². The molecule has 1 aliphatic rings. The van der Waals surface area contributed by atoms with E-state index in [4.69, 9.17) is 0 Å². The van der Waals surface area contributed by atoms with Gasteiger partial charge in [0, 0.05) is 31.3 Å². The van der Waals surface area contributed by atoms with Crippen LogP contribution in [0.3, 0.4) is 0 Å². The Balaban J connectivity index is 1.82. The number of sulfonamides is 1. The third-order valence-electron chi connectivity index (χ3n) is 4.64. The molecular weight excluding hydrogens is 350 g/mol. The van der Waals surface area contributed by atoms with Gasteiger partial charge in [0.15, 0.2) is 0 Å². The highest BCUT2D eigenvalue weighted by atomic mass is 32.2. The summed E-state index contributed by atoms with van der Waals surface area (Å²) >= 11 is 0. The van der Waals surface area contributed by atoms with Gasteiger partial charge in [-0.05, 0) is 45.7 Å². The molecule has 26 heavy (non-hydrogen) atoms. The maximum absolute atomic E-state index is 12.4. The Hall–Kier alpha value is -2.06. The van der Waals surface area contributed by atoms with Crippen molar-refractivity contribution in [2.75, 3.05) is 18.4 Å². The van der Waals surface area contributed by atoms with Crippen molar-refractivity contribution >= 4 is 21.7 Å². The normalized spacial score (nSPS) is 18.4. The summed E-state index contributed by atoms with van der Waals surface area (Å²) in [5, 5.41) is 2.84. The number of aromatic nitrogens is 3. The van der Waals surface area contributed by atoms with Gasteiger partial charge in [-0.3, -0.25) is 0 Å². The van der Waals surface area contributed by atoms with E-state index in [2.05, 4.69) is 20.3 Å². The molecule has 0 saturated carbocycles. The van der Waals surface area contributed by atoms with Gasteiger partial charge in [0.2, 0.25) is 10.0 Å². The van der Waals surface area contributed by atoms with E-state index in [-0.39, 0.29) is 5.92 Å². The van der Waals surface area contributed by atoms with E-state index in [0.717, 1.165) is 23.5 Å². The molecule has 0 amide bonds. The number of pyridine rings is 1. The van der Waals surface area contributed by atoms with Crippen molar-refractivity contribution in [1.82, 2.24) is 19.3 Å². The second-order valence-electron chi connectivity index (χ2n) is 6.96. The molecule has 8 heteroatoms. The average Bonchev–Trinajstić information content (AvgIpc) is 3.07. The second-order valence-corrected chi connectivity index (χ2v) is 9.45. The summed E-state index contributed by atoms with van der Waals surface area (Å²) in [7, 11) is -3.23. The largest absolute Gasteiger partial charge is 0.325 e. The summed E-state index contributed by atoms with van der Waals surface area (Å²) in [6.07, 6.45) is 2.50. The van der Waals surface area contributed by atoms with Gasteiger partial charge in [0.25, 0.3) is 0 Å². The van der Waals surface area contributed by atoms with Gasteiger partial charge in [0.1, 0.15) is 17.5 Å². The van der Waals surface area contributed by atoms with Crippen LogP contribution in [0.15, 0.2) is 24.4 Å². The van der Waals surface area contributed by atoms with Crippen molar-refractivity contribution in [3.63, 3.8) is 0 Å². The third kappa shape index (κ3) is 3.86. The Morgan fingerprint density at radius 2 is 2.04 bits per heavy atom. The highest BCUT2D eigenvalue weighted by Crippen LogP contribution is 2.30. The molecule has 0 bridgehead atoms. The van der Waals surface area contributed by atoms with E-state index in [1.54, 1.807) is 24.3 Å². The first kappa shape index (κ1) is 18.7. The van der Waals surface area contributed by atoms with Gasteiger partial charge < -0.3 is 5.32 Å². The molecule has 1 fully saturated rings. The monoisotopic (exact) mass is 375 g/mol. The lowest BCUT2D eigenvalue weighted by atomic mass is 10.0. The first-order valence-corrected chi connectivity index (χ1v) is 10.3. The Morgan fingerprint density at radius 1 is 1.27 bits per heavy atom. The molecule has 3 heterocycles. The molecule has 1 atom stereocenters. The summed E-state index contributed by atoms with van der Waals surface area (Å²) < 4.78 is 26.4. The minimum Gasteiger partial charge on any atom is -0.325 e. The molecule has 0 aromatic carbocycles. The number of nitrogens with zero attached hydrogens (tertiary/aromatic N) is 4. The molecule has 2 aromatic heterocycles. The maximum Gasteiger partial charge on any atom is 0.216 e. The Labute approximate surface area is 154 Å². The lowest BCUT2D eigenvalue weighted by Gasteiger charge is -2.19. The van der Waals surface area contributed by atoms with Crippen LogP contribution in [0.2, 0.25) is 0 Å². The maximum atomic E-state index is 12.4. The Bertz CT molecular complexity index is 898. The highest BCUT2D eigenvalue weighted by molar-refractivity contribution is 7.89. The summed E-state index contributed by atoms with van der Waals surface area (Å²) in [4.78, 5) is 13.3. The van der Waals surface area contributed by atoms with Crippen LogP contribution in [0.1, 0.15) is 43.3 Å². The summed E-state index contributed by atoms with van der Waals surface area (Å²) in [5.41, 5.74) is 1.90. The van der Waals surface area contributed by atoms with Gasteiger partial charge in [-0.2, -0.15) is 0 Å². The second kappa shape index (κ2) is 7.28. The fourth-order valence-electron chi connectivity index (χ4n) is 3.10. The van der Waals surface area contributed by atoms with Gasteiger partial charge in [-0.15, -0.1) is 0 Å². The minimum absolute atomic E-state index is 0.0793. The predicted molar refractivity (Wildman–Crippen MR) is 102 cm³/mol. The number of hydrogen-bond donors (Lipinski definition) is 1. The summed E-state index contributed by atoms with van der Waals surface area (Å²) in [6.45, 7) is 8.27. The van der Waals surface area contributed by atoms with Gasteiger partial charge in [0.05, 0.1) is 10.9 Å². The molecule has 0 radical (unpaired) electrons. The average molecular weight is 375 g/mol. The van der Waals surface area contributed by atoms with Crippen LogP contribution in [-0.4, -0.2) is 46.0 Å². The van der Waals surface area contributed by atoms with Gasteiger partial charge >= 0.3 is 0 Å². The van der Waals surface area contributed by atoms with Crippen LogP contribution < -0.4 is 5.32 Å². The topological polar surface area (TPSA) is 88.1 Å². The lowest BCUT2D eigenvalue weighted by Crippen LogP contribution is -2.34. The van der Waals surface area contributed by atoms with Crippen LogP contribution >= 0.6 is 0 Å². The zero-order chi connectivity index (χ0) is 18.9. The Kier molecular flexibility index (Phi) is 5.24. The molecule has 7 nitrogen and oxygen atoms in total. The molecule has 2 aromatic rings. The van der Waals surface area contributed by atoms with Crippen molar-refractivity contribution in [3.05, 3.63) is 41.5 Å². The van der Waals surface area contributed by atoms with Crippen LogP contribution in [-0.2, 0) is 10.0 Å². The molecule has 1 aliphatic heterocycles. The number of nitrogens with one attached hydrogen (secondary N) is 1. The van der Waals surface area contributed by atoms with Crippen molar-refractivity contribution in [2.24, 2.45) is 0 Å². The zero-order valence-electron chi connectivity index (χ0n) is 15.6. The number of anilines is 2. The van der Waals surface area contributed by atoms with Crippen molar-refractivity contribution in [2.45, 2.75) is 45.3 Å². The predicted octanol–water partition coefficient (Wildman–Crippen LogP) is 2.76. The van der Waals surface area contributed by atoms with Crippen LogP contribution in [0.5, 0.6) is 0 Å². The van der Waals surface area contributed by atoms with Crippen LogP contribution in [0.4, 0.5) is 11.6 Å². The molecular formula is C18H25N5O2S. The van der Waals surface area contributed by atoms with Crippen molar-refractivity contribution in [3.8, 4) is 0 Å². The Morgan fingerprint density at radius 3 is 2.73 bits per heavy atom. The van der Waals surface area contributed by atoms with E-state index in [1.807, 2.05) is 32.0 Å². The quantitative estimate of drug-likeness (QED) is 0.864. The molecule has 0 unspecified atom stereocenters. The van der Waals surface area contributed by atoms with E-state index >= 15 is 0 Å². The molecule has 0 spiro atoms. The smallest absolute Gasteiger partial charge is 0.216 e. The highest BCUT2D eigenvalue weighted by Gasteiger charge is 2.34. The van der Waals surface area contributed by atoms with E-state index < -0.39 is 15.3 Å². The van der Waals surface area contributed by atoms with E-state index in [0.29, 0.717) is 24.7 Å². The number of rotatable bonds is 5. The fourth-order valence-corrected chi connectivity index (χ4v) is 4.44. The molecule has 1 N–H and O–H groups in total.